The molecule has 6 heteroatoms. The number of hydrogen-bond donors (Lipinski definition) is 1. The molecule has 6 nitrogen and oxygen atoms in total. The Balaban J connectivity index is 1.43. The summed E-state index contributed by atoms with van der Waals surface area (Å²) >= 11 is 0. The van der Waals surface area contributed by atoms with E-state index in [1.54, 1.807) is 0 Å². The number of para-hydroxylation sites is 2. The number of nitrogens with two attached hydrogens (primary N) is 1. The first-order valence-corrected chi connectivity index (χ1v) is 11.4. The molecule has 5 rings (SSSR count). The molecule has 0 aromatic heterocycles. The van der Waals surface area contributed by atoms with Crippen molar-refractivity contribution < 1.29 is 14.3 Å². The number of nitrogens with zero attached hydrogens (tertiary/aromatic N) is 2. The number of rotatable bonds is 4. The fourth-order valence-corrected chi connectivity index (χ4v) is 4.97. The number of amides is 2. The van der Waals surface area contributed by atoms with Gasteiger partial charge in [0.2, 0.25) is 0 Å². The number of carbonyl (C=O) groups is 2. The zero-order valence-corrected chi connectivity index (χ0v) is 18.4. The summed E-state index contributed by atoms with van der Waals surface area (Å²) in [5.41, 5.74) is 10.0. The fourth-order valence-electron chi connectivity index (χ4n) is 4.97. The Kier molecular flexibility index (Phi) is 5.84. The van der Waals surface area contributed by atoms with E-state index in [0.29, 0.717) is 12.1 Å². The Morgan fingerprint density at radius 2 is 1.61 bits per heavy atom. The Labute approximate surface area is 193 Å². The van der Waals surface area contributed by atoms with E-state index in [4.69, 9.17) is 10.5 Å². The number of urea groups is 1. The number of hydrogen-bond acceptors (Lipinski definition) is 4. The van der Waals surface area contributed by atoms with Gasteiger partial charge >= 0.3 is 12.0 Å². The first-order valence-electron chi connectivity index (χ1n) is 11.4. The van der Waals surface area contributed by atoms with Crippen molar-refractivity contribution in [1.29, 1.82) is 0 Å². The van der Waals surface area contributed by atoms with Gasteiger partial charge in [0, 0.05) is 18.5 Å². The molecule has 0 bridgehead atoms. The van der Waals surface area contributed by atoms with E-state index in [2.05, 4.69) is 17.0 Å². The summed E-state index contributed by atoms with van der Waals surface area (Å²) in [6, 6.07) is 24.5. The third-order valence-electron chi connectivity index (χ3n) is 6.51. The lowest BCUT2D eigenvalue weighted by Gasteiger charge is -2.26. The van der Waals surface area contributed by atoms with E-state index in [9.17, 15) is 9.59 Å². The maximum absolute atomic E-state index is 13.4. The van der Waals surface area contributed by atoms with E-state index in [0.717, 1.165) is 42.7 Å². The molecule has 3 aromatic carbocycles. The molecule has 2 amide bonds. The zero-order chi connectivity index (χ0) is 22.8. The van der Waals surface area contributed by atoms with Crippen molar-refractivity contribution in [2.75, 3.05) is 11.4 Å². The van der Waals surface area contributed by atoms with Crippen LogP contribution < -0.4 is 10.6 Å². The van der Waals surface area contributed by atoms with Gasteiger partial charge in [0.05, 0.1) is 11.4 Å². The highest BCUT2D eigenvalue weighted by Crippen LogP contribution is 2.41. The van der Waals surface area contributed by atoms with E-state index in [1.807, 2.05) is 66.7 Å². The number of anilines is 2. The number of likely N-dealkylation sites (tertiary alicyclic amines) is 1. The van der Waals surface area contributed by atoms with Crippen LogP contribution in [0.15, 0.2) is 78.9 Å². The maximum Gasteiger partial charge on any atom is 0.323 e. The second-order valence-corrected chi connectivity index (χ2v) is 8.60. The number of carbonyl (C=O) groups excluding carboxylic acids is 2. The number of benzene rings is 3. The molecule has 0 spiro atoms. The first kappa shape index (κ1) is 21.2. The molecule has 3 aromatic rings. The average molecular weight is 442 g/mol. The van der Waals surface area contributed by atoms with E-state index in [1.165, 1.54) is 10.5 Å². The van der Waals surface area contributed by atoms with Gasteiger partial charge in [0.15, 0.2) is 0 Å². The Hall–Kier alpha value is -3.64. The number of esters is 1. The minimum absolute atomic E-state index is 0.215. The van der Waals surface area contributed by atoms with Crippen LogP contribution in [0.3, 0.4) is 0 Å². The fraction of sp³-hybridized carbons (Fsp3) is 0.259. The number of primary amides is 1. The van der Waals surface area contributed by atoms with Crippen LogP contribution >= 0.6 is 0 Å². The zero-order valence-electron chi connectivity index (χ0n) is 18.4. The number of ether oxygens (including phenoxy) is 1. The van der Waals surface area contributed by atoms with Gasteiger partial charge in [0.25, 0.3) is 0 Å². The predicted octanol–water partition coefficient (Wildman–Crippen LogP) is 4.71. The second kappa shape index (κ2) is 9.08. The topological polar surface area (TPSA) is 75.9 Å². The van der Waals surface area contributed by atoms with Gasteiger partial charge in [-0.2, -0.15) is 0 Å². The SMILES string of the molecule is NC(=O)N1c2ccccc2CC(OC(=O)[C@@H]2CCCN2Cc2ccccc2)c2ccccc21. The molecule has 0 aliphatic carbocycles. The van der Waals surface area contributed by atoms with Crippen LogP contribution in [-0.4, -0.2) is 29.5 Å². The van der Waals surface area contributed by atoms with Crippen LogP contribution in [-0.2, 0) is 22.5 Å². The van der Waals surface area contributed by atoms with Crippen LogP contribution in [0.1, 0.15) is 35.6 Å². The maximum atomic E-state index is 13.4. The summed E-state index contributed by atoms with van der Waals surface area (Å²) in [6.07, 6.45) is 1.72. The van der Waals surface area contributed by atoms with Gasteiger partial charge in [-0.3, -0.25) is 14.6 Å². The third-order valence-corrected chi connectivity index (χ3v) is 6.51. The van der Waals surface area contributed by atoms with Crippen LogP contribution in [0, 0.1) is 0 Å². The van der Waals surface area contributed by atoms with Crippen LogP contribution in [0.4, 0.5) is 16.2 Å². The van der Waals surface area contributed by atoms with E-state index >= 15 is 0 Å². The second-order valence-electron chi connectivity index (χ2n) is 8.60. The molecule has 2 aliphatic heterocycles. The first-order chi connectivity index (χ1) is 16.1. The molecule has 1 unspecified atom stereocenters. The van der Waals surface area contributed by atoms with Crippen molar-refractivity contribution in [3.8, 4) is 0 Å². The van der Waals surface area contributed by atoms with Gasteiger partial charge in [-0.15, -0.1) is 0 Å². The number of fused-ring (bicyclic) bond motifs is 2. The molecule has 0 saturated carbocycles. The van der Waals surface area contributed by atoms with Crippen molar-refractivity contribution >= 4 is 23.4 Å². The lowest BCUT2D eigenvalue weighted by Crippen LogP contribution is -2.37. The van der Waals surface area contributed by atoms with E-state index < -0.39 is 12.1 Å². The Morgan fingerprint density at radius 1 is 0.909 bits per heavy atom. The summed E-state index contributed by atoms with van der Waals surface area (Å²) < 4.78 is 6.18. The summed E-state index contributed by atoms with van der Waals surface area (Å²) in [4.78, 5) is 29.5. The van der Waals surface area contributed by atoms with Gasteiger partial charge in [-0.25, -0.2) is 4.79 Å². The molecule has 168 valence electrons. The lowest BCUT2D eigenvalue weighted by atomic mass is 10.0. The minimum Gasteiger partial charge on any atom is -0.456 e. The van der Waals surface area contributed by atoms with Gasteiger partial charge in [-0.1, -0.05) is 66.7 Å². The highest BCUT2D eigenvalue weighted by molar-refractivity contribution is 6.00. The van der Waals surface area contributed by atoms with Crippen molar-refractivity contribution in [3.63, 3.8) is 0 Å². The highest BCUT2D eigenvalue weighted by atomic mass is 16.5. The quantitative estimate of drug-likeness (QED) is 0.595. The van der Waals surface area contributed by atoms with Crippen molar-refractivity contribution in [2.24, 2.45) is 5.73 Å². The summed E-state index contributed by atoms with van der Waals surface area (Å²) in [6.45, 7) is 1.59. The van der Waals surface area contributed by atoms with Crippen molar-refractivity contribution in [3.05, 3.63) is 95.6 Å². The van der Waals surface area contributed by atoms with E-state index in [-0.39, 0.29) is 12.0 Å². The molecule has 2 aliphatic rings. The molecule has 33 heavy (non-hydrogen) atoms. The smallest absolute Gasteiger partial charge is 0.323 e. The third kappa shape index (κ3) is 4.22. The van der Waals surface area contributed by atoms with Crippen molar-refractivity contribution in [2.45, 2.75) is 38.0 Å². The molecular weight excluding hydrogens is 414 g/mol. The highest BCUT2D eigenvalue weighted by Gasteiger charge is 2.36. The molecule has 2 N–H and O–H groups in total. The summed E-state index contributed by atoms with van der Waals surface area (Å²) in [5.74, 6) is -0.215. The Morgan fingerprint density at radius 3 is 2.39 bits per heavy atom. The largest absolute Gasteiger partial charge is 0.456 e. The summed E-state index contributed by atoms with van der Waals surface area (Å²) in [7, 11) is 0. The van der Waals surface area contributed by atoms with Crippen LogP contribution in [0.2, 0.25) is 0 Å². The average Bonchev–Trinajstić information content (AvgIpc) is 3.23. The predicted molar refractivity (Wildman–Crippen MR) is 127 cm³/mol. The van der Waals surface area contributed by atoms with Gasteiger partial charge in [-0.05, 0) is 42.6 Å². The van der Waals surface area contributed by atoms with Crippen molar-refractivity contribution in [1.82, 2.24) is 4.90 Å². The van der Waals surface area contributed by atoms with Crippen LogP contribution in [0.5, 0.6) is 0 Å². The summed E-state index contributed by atoms with van der Waals surface area (Å²) in [5, 5.41) is 0. The molecule has 2 heterocycles. The minimum atomic E-state index is -0.563. The molecule has 1 saturated heterocycles. The molecule has 0 radical (unpaired) electrons. The normalized spacial score (nSPS) is 19.9. The van der Waals surface area contributed by atoms with Crippen LogP contribution in [0.25, 0.3) is 0 Å². The standard InChI is InChI=1S/C27H27N3O3/c28-27(32)30-22-13-6-4-11-20(22)17-25(21-12-5-7-14-23(21)30)33-26(31)24-15-8-16-29(24)18-19-9-2-1-3-10-19/h1-7,9-14,24-25H,8,15-18H2,(H2,28,32)/t24-,25?/m0/s1. The lowest BCUT2D eigenvalue weighted by molar-refractivity contribution is -0.155. The Bertz CT molecular complexity index is 1160. The monoisotopic (exact) mass is 441 g/mol. The van der Waals surface area contributed by atoms with Gasteiger partial charge in [0.1, 0.15) is 12.1 Å². The molecule has 2 atom stereocenters. The molecular formula is C27H27N3O3. The van der Waals surface area contributed by atoms with Gasteiger partial charge < -0.3 is 10.5 Å². The molecule has 1 fully saturated rings.